The lowest BCUT2D eigenvalue weighted by Gasteiger charge is -2.11. The monoisotopic (exact) mass is 297 g/mol. The largest absolute Gasteiger partial charge is 0.494 e. The Morgan fingerprint density at radius 2 is 1.81 bits per heavy atom. The smallest absolute Gasteiger partial charge is 0.416 e. The molecule has 110 valence electrons. The van der Waals surface area contributed by atoms with Gasteiger partial charge in [0.05, 0.1) is 18.9 Å². The molecule has 0 saturated heterocycles. The first-order chi connectivity index (χ1) is 9.84. The van der Waals surface area contributed by atoms with Crippen molar-refractivity contribution < 1.29 is 27.8 Å². The second-order valence-corrected chi connectivity index (χ2v) is 4.14. The molecule has 0 fully saturated rings. The SMILES string of the molecule is COc1cncc(-c2ccc(C(F)(F)F)cc2)c1C(=O)O. The van der Waals surface area contributed by atoms with Gasteiger partial charge in [-0.15, -0.1) is 0 Å². The van der Waals surface area contributed by atoms with Gasteiger partial charge in [0.1, 0.15) is 5.56 Å². The molecular formula is C14H10F3NO3. The average molecular weight is 297 g/mol. The third-order valence-electron chi connectivity index (χ3n) is 2.87. The van der Waals surface area contributed by atoms with Gasteiger partial charge in [-0.3, -0.25) is 4.98 Å². The molecule has 21 heavy (non-hydrogen) atoms. The number of aromatic nitrogens is 1. The molecule has 7 heteroatoms. The molecule has 0 spiro atoms. The number of hydrogen-bond donors (Lipinski definition) is 1. The van der Waals surface area contributed by atoms with Gasteiger partial charge in [-0.1, -0.05) is 12.1 Å². The highest BCUT2D eigenvalue weighted by atomic mass is 19.4. The first kappa shape index (κ1) is 14.8. The van der Waals surface area contributed by atoms with Gasteiger partial charge in [-0.25, -0.2) is 4.79 Å². The topological polar surface area (TPSA) is 59.4 Å². The fourth-order valence-electron chi connectivity index (χ4n) is 1.87. The molecule has 0 radical (unpaired) electrons. The number of ether oxygens (including phenoxy) is 1. The average Bonchev–Trinajstić information content (AvgIpc) is 2.45. The predicted molar refractivity (Wildman–Crippen MR) is 68.2 cm³/mol. The van der Waals surface area contributed by atoms with Crippen LogP contribution in [0.2, 0.25) is 0 Å². The standard InChI is InChI=1S/C14H10F3NO3/c1-21-11-7-18-6-10(12(11)13(19)20)8-2-4-9(5-3-8)14(15,16)17/h2-7H,1H3,(H,19,20). The Morgan fingerprint density at radius 3 is 2.29 bits per heavy atom. The minimum atomic E-state index is -4.44. The summed E-state index contributed by atoms with van der Waals surface area (Å²) in [7, 11) is 1.29. The molecular weight excluding hydrogens is 287 g/mol. The van der Waals surface area contributed by atoms with E-state index in [9.17, 15) is 23.1 Å². The van der Waals surface area contributed by atoms with Gasteiger partial charge in [0.25, 0.3) is 0 Å². The lowest BCUT2D eigenvalue weighted by Crippen LogP contribution is -2.06. The van der Waals surface area contributed by atoms with E-state index in [0.717, 1.165) is 12.1 Å². The lowest BCUT2D eigenvalue weighted by atomic mass is 10.00. The van der Waals surface area contributed by atoms with Crippen molar-refractivity contribution >= 4 is 5.97 Å². The number of carboxylic acid groups (broad SMARTS) is 1. The number of benzene rings is 1. The Bertz CT molecular complexity index is 666. The van der Waals surface area contributed by atoms with Crippen LogP contribution in [0.4, 0.5) is 13.2 Å². The minimum Gasteiger partial charge on any atom is -0.494 e. The number of methoxy groups -OCH3 is 1. The van der Waals surface area contributed by atoms with Gasteiger partial charge in [0.2, 0.25) is 0 Å². The normalized spacial score (nSPS) is 11.2. The van der Waals surface area contributed by atoms with Gasteiger partial charge in [0.15, 0.2) is 5.75 Å². The van der Waals surface area contributed by atoms with Crippen LogP contribution in [0, 0.1) is 0 Å². The van der Waals surface area contributed by atoms with Crippen molar-refractivity contribution in [2.75, 3.05) is 7.11 Å². The van der Waals surface area contributed by atoms with E-state index in [1.54, 1.807) is 0 Å². The number of halogens is 3. The number of nitrogens with zero attached hydrogens (tertiary/aromatic N) is 1. The molecule has 1 aromatic carbocycles. The van der Waals surface area contributed by atoms with Crippen LogP contribution in [0.1, 0.15) is 15.9 Å². The molecule has 0 amide bonds. The van der Waals surface area contributed by atoms with E-state index in [1.165, 1.54) is 31.6 Å². The molecule has 1 aromatic heterocycles. The zero-order valence-electron chi connectivity index (χ0n) is 10.8. The highest BCUT2D eigenvalue weighted by Gasteiger charge is 2.30. The third kappa shape index (κ3) is 2.96. The van der Waals surface area contributed by atoms with E-state index < -0.39 is 17.7 Å². The highest BCUT2D eigenvalue weighted by Crippen LogP contribution is 2.33. The number of aromatic carboxylic acids is 1. The summed E-state index contributed by atoms with van der Waals surface area (Å²) in [6, 6.07) is 4.18. The third-order valence-corrected chi connectivity index (χ3v) is 2.87. The maximum atomic E-state index is 12.5. The number of pyridine rings is 1. The molecule has 1 heterocycles. The second-order valence-electron chi connectivity index (χ2n) is 4.14. The minimum absolute atomic E-state index is 0.0416. The summed E-state index contributed by atoms with van der Waals surface area (Å²) >= 11 is 0. The first-order valence-corrected chi connectivity index (χ1v) is 5.77. The van der Waals surface area contributed by atoms with Crippen LogP contribution < -0.4 is 4.74 Å². The molecule has 0 aliphatic carbocycles. The maximum Gasteiger partial charge on any atom is 0.416 e. The molecule has 0 unspecified atom stereocenters. The van der Waals surface area contributed by atoms with E-state index in [2.05, 4.69) is 4.98 Å². The zero-order chi connectivity index (χ0) is 15.6. The van der Waals surface area contributed by atoms with Gasteiger partial charge in [0, 0.05) is 11.8 Å². The van der Waals surface area contributed by atoms with Crippen molar-refractivity contribution in [3.05, 3.63) is 47.8 Å². The van der Waals surface area contributed by atoms with Crippen molar-refractivity contribution in [1.29, 1.82) is 0 Å². The first-order valence-electron chi connectivity index (χ1n) is 5.77. The molecule has 0 aliphatic heterocycles. The van der Waals surface area contributed by atoms with E-state index in [1.807, 2.05) is 0 Å². The van der Waals surface area contributed by atoms with Crippen molar-refractivity contribution in [1.82, 2.24) is 4.98 Å². The Morgan fingerprint density at radius 1 is 1.19 bits per heavy atom. The summed E-state index contributed by atoms with van der Waals surface area (Å²) in [5, 5.41) is 9.23. The van der Waals surface area contributed by atoms with Crippen molar-refractivity contribution in [3.63, 3.8) is 0 Å². The predicted octanol–water partition coefficient (Wildman–Crippen LogP) is 3.47. The Balaban J connectivity index is 2.54. The van der Waals surface area contributed by atoms with E-state index >= 15 is 0 Å². The van der Waals surface area contributed by atoms with Gasteiger partial charge >= 0.3 is 12.1 Å². The molecule has 0 atom stereocenters. The second kappa shape index (κ2) is 5.43. The van der Waals surface area contributed by atoms with Crippen LogP contribution in [-0.4, -0.2) is 23.2 Å². The van der Waals surface area contributed by atoms with Crippen LogP contribution in [0.5, 0.6) is 5.75 Å². The quantitative estimate of drug-likeness (QED) is 0.942. The number of hydrogen-bond acceptors (Lipinski definition) is 3. The van der Waals surface area contributed by atoms with Gasteiger partial charge in [-0.2, -0.15) is 13.2 Å². The Hall–Kier alpha value is -2.57. The van der Waals surface area contributed by atoms with E-state index in [-0.39, 0.29) is 16.9 Å². The van der Waals surface area contributed by atoms with Crippen LogP contribution in [0.25, 0.3) is 11.1 Å². The molecule has 0 saturated carbocycles. The fourth-order valence-corrected chi connectivity index (χ4v) is 1.87. The summed E-state index contributed by atoms with van der Waals surface area (Å²) in [5.74, 6) is -1.20. The molecule has 2 aromatic rings. The summed E-state index contributed by atoms with van der Waals surface area (Å²) in [4.78, 5) is 15.1. The van der Waals surface area contributed by atoms with Crippen LogP contribution in [0.15, 0.2) is 36.7 Å². The van der Waals surface area contributed by atoms with Crippen LogP contribution >= 0.6 is 0 Å². The molecule has 2 rings (SSSR count). The summed E-state index contributed by atoms with van der Waals surface area (Å²) in [6.45, 7) is 0. The number of rotatable bonds is 3. The zero-order valence-corrected chi connectivity index (χ0v) is 10.8. The molecule has 4 nitrogen and oxygen atoms in total. The maximum absolute atomic E-state index is 12.5. The molecule has 0 bridgehead atoms. The van der Waals surface area contributed by atoms with Crippen molar-refractivity contribution in [3.8, 4) is 16.9 Å². The molecule has 1 N–H and O–H groups in total. The van der Waals surface area contributed by atoms with Crippen LogP contribution in [-0.2, 0) is 6.18 Å². The molecule has 0 aliphatic rings. The Labute approximate surface area is 117 Å². The van der Waals surface area contributed by atoms with E-state index in [4.69, 9.17) is 4.74 Å². The van der Waals surface area contributed by atoms with E-state index in [0.29, 0.717) is 5.56 Å². The highest BCUT2D eigenvalue weighted by molar-refractivity contribution is 5.98. The van der Waals surface area contributed by atoms with Crippen LogP contribution in [0.3, 0.4) is 0 Å². The summed E-state index contributed by atoms with van der Waals surface area (Å²) < 4.78 is 42.5. The summed E-state index contributed by atoms with van der Waals surface area (Å²) in [6.07, 6.45) is -1.94. The Kier molecular flexibility index (Phi) is 3.84. The number of carboxylic acids is 1. The fraction of sp³-hybridized carbons (Fsp3) is 0.143. The lowest BCUT2D eigenvalue weighted by molar-refractivity contribution is -0.137. The van der Waals surface area contributed by atoms with Gasteiger partial charge in [-0.05, 0) is 17.7 Å². The van der Waals surface area contributed by atoms with Crippen molar-refractivity contribution in [2.24, 2.45) is 0 Å². The number of carbonyl (C=O) groups is 1. The summed E-state index contributed by atoms with van der Waals surface area (Å²) in [5.41, 5.74) is -0.450. The van der Waals surface area contributed by atoms with Crippen molar-refractivity contribution in [2.45, 2.75) is 6.18 Å². The number of alkyl halides is 3. The van der Waals surface area contributed by atoms with Gasteiger partial charge < -0.3 is 9.84 Å².